The SMILES string of the molecule is NC(=O)C[C@@]1(CO)CCCN1C(=O)c1ccccc1C(F)(F)F. The number of amides is 2. The van der Waals surface area contributed by atoms with Gasteiger partial charge in [-0.2, -0.15) is 13.2 Å². The Balaban J connectivity index is 2.42. The minimum atomic E-state index is -4.67. The summed E-state index contributed by atoms with van der Waals surface area (Å²) in [4.78, 5) is 25.0. The summed E-state index contributed by atoms with van der Waals surface area (Å²) in [5.41, 5.74) is 2.40. The summed E-state index contributed by atoms with van der Waals surface area (Å²) in [6, 6.07) is 4.47. The molecule has 5 nitrogen and oxygen atoms in total. The summed E-state index contributed by atoms with van der Waals surface area (Å²) in [6.45, 7) is -0.366. The van der Waals surface area contributed by atoms with Crippen LogP contribution < -0.4 is 5.73 Å². The smallest absolute Gasteiger partial charge is 0.394 e. The molecule has 1 atom stereocenters. The first kappa shape index (κ1) is 17.3. The molecular weight excluding hydrogens is 313 g/mol. The van der Waals surface area contributed by atoms with Crippen molar-refractivity contribution in [3.63, 3.8) is 0 Å². The summed E-state index contributed by atoms with van der Waals surface area (Å²) in [5, 5.41) is 9.64. The average molecular weight is 330 g/mol. The third kappa shape index (κ3) is 3.31. The quantitative estimate of drug-likeness (QED) is 0.878. The van der Waals surface area contributed by atoms with E-state index in [1.165, 1.54) is 12.1 Å². The number of likely N-dealkylation sites (tertiary alicyclic amines) is 1. The molecule has 126 valence electrons. The van der Waals surface area contributed by atoms with E-state index in [1.807, 2.05) is 0 Å². The molecule has 23 heavy (non-hydrogen) atoms. The van der Waals surface area contributed by atoms with Crippen molar-refractivity contribution in [1.29, 1.82) is 0 Å². The van der Waals surface area contributed by atoms with E-state index in [1.54, 1.807) is 0 Å². The largest absolute Gasteiger partial charge is 0.417 e. The fourth-order valence-electron chi connectivity index (χ4n) is 3.05. The molecule has 0 spiro atoms. The maximum Gasteiger partial charge on any atom is 0.417 e. The molecule has 0 aromatic heterocycles. The maximum atomic E-state index is 13.1. The van der Waals surface area contributed by atoms with Crippen molar-refractivity contribution in [3.05, 3.63) is 35.4 Å². The van der Waals surface area contributed by atoms with Gasteiger partial charge in [-0.15, -0.1) is 0 Å². The third-order valence-corrected chi connectivity index (χ3v) is 4.10. The molecule has 0 aliphatic carbocycles. The Morgan fingerprint density at radius 1 is 1.30 bits per heavy atom. The maximum absolute atomic E-state index is 13.1. The van der Waals surface area contributed by atoms with Crippen LogP contribution in [-0.4, -0.2) is 40.5 Å². The van der Waals surface area contributed by atoms with Gasteiger partial charge in [-0.25, -0.2) is 0 Å². The third-order valence-electron chi connectivity index (χ3n) is 4.10. The van der Waals surface area contributed by atoms with Crippen molar-refractivity contribution < 1.29 is 27.9 Å². The molecule has 0 unspecified atom stereocenters. The van der Waals surface area contributed by atoms with Crippen LogP contribution in [0.5, 0.6) is 0 Å². The molecule has 1 aromatic carbocycles. The second-order valence-electron chi connectivity index (χ2n) is 5.63. The lowest BCUT2D eigenvalue weighted by Gasteiger charge is -2.36. The highest BCUT2D eigenvalue weighted by atomic mass is 19.4. The van der Waals surface area contributed by atoms with Crippen LogP contribution >= 0.6 is 0 Å². The minimum Gasteiger partial charge on any atom is -0.394 e. The van der Waals surface area contributed by atoms with Gasteiger partial charge in [-0.1, -0.05) is 12.1 Å². The number of benzene rings is 1. The van der Waals surface area contributed by atoms with E-state index < -0.39 is 41.3 Å². The highest BCUT2D eigenvalue weighted by molar-refractivity contribution is 5.97. The first-order chi connectivity index (χ1) is 10.7. The Kier molecular flexibility index (Phi) is 4.65. The molecule has 1 saturated heterocycles. The van der Waals surface area contributed by atoms with E-state index in [4.69, 9.17) is 5.73 Å². The lowest BCUT2D eigenvalue weighted by molar-refractivity contribution is -0.138. The Morgan fingerprint density at radius 3 is 2.52 bits per heavy atom. The molecule has 2 amide bonds. The molecule has 1 aromatic rings. The van der Waals surface area contributed by atoms with Crippen LogP contribution in [0, 0.1) is 0 Å². The number of halogens is 3. The summed E-state index contributed by atoms with van der Waals surface area (Å²) in [6.07, 6.45) is -4.17. The molecule has 0 bridgehead atoms. The van der Waals surface area contributed by atoms with Crippen LogP contribution in [0.25, 0.3) is 0 Å². The van der Waals surface area contributed by atoms with Crippen molar-refractivity contribution >= 4 is 11.8 Å². The number of rotatable bonds is 4. The zero-order valence-corrected chi connectivity index (χ0v) is 12.3. The predicted molar refractivity (Wildman–Crippen MR) is 75.3 cm³/mol. The van der Waals surface area contributed by atoms with Crippen molar-refractivity contribution in [3.8, 4) is 0 Å². The minimum absolute atomic E-state index is 0.166. The van der Waals surface area contributed by atoms with Gasteiger partial charge in [0.1, 0.15) is 0 Å². The second-order valence-corrected chi connectivity index (χ2v) is 5.63. The molecule has 0 radical (unpaired) electrons. The molecule has 0 saturated carbocycles. The standard InChI is InChI=1S/C15H17F3N2O3/c16-15(17,18)11-5-2-1-4-10(11)13(23)20-7-3-6-14(20,9-21)8-12(19)22/h1-2,4-5,21H,3,6-9H2,(H2,19,22)/t14-/m1/s1. The van der Waals surface area contributed by atoms with Gasteiger partial charge in [0.25, 0.3) is 5.91 Å². The van der Waals surface area contributed by atoms with E-state index in [0.717, 1.165) is 17.0 Å². The molecule has 8 heteroatoms. The monoisotopic (exact) mass is 330 g/mol. The second kappa shape index (κ2) is 6.19. The van der Waals surface area contributed by atoms with Crippen molar-refractivity contribution in [2.45, 2.75) is 31.0 Å². The lowest BCUT2D eigenvalue weighted by atomic mass is 9.91. The first-order valence-corrected chi connectivity index (χ1v) is 7.09. The van der Waals surface area contributed by atoms with Crippen LogP contribution in [0.2, 0.25) is 0 Å². The molecule has 3 N–H and O–H groups in total. The number of hydrogen-bond acceptors (Lipinski definition) is 3. The number of nitrogens with zero attached hydrogens (tertiary/aromatic N) is 1. The number of carbonyl (C=O) groups is 2. The number of primary amides is 1. The fraction of sp³-hybridized carbons (Fsp3) is 0.467. The van der Waals surface area contributed by atoms with Gasteiger partial charge in [-0.05, 0) is 25.0 Å². The number of aliphatic hydroxyl groups excluding tert-OH is 1. The van der Waals surface area contributed by atoms with Crippen LogP contribution in [0.15, 0.2) is 24.3 Å². The lowest BCUT2D eigenvalue weighted by Crippen LogP contribution is -2.52. The highest BCUT2D eigenvalue weighted by Crippen LogP contribution is 2.37. The van der Waals surface area contributed by atoms with Crippen LogP contribution in [0.1, 0.15) is 35.2 Å². The molecule has 1 heterocycles. The van der Waals surface area contributed by atoms with Crippen LogP contribution in [0.3, 0.4) is 0 Å². The highest BCUT2D eigenvalue weighted by Gasteiger charge is 2.46. The number of aliphatic hydroxyl groups is 1. The summed E-state index contributed by atoms with van der Waals surface area (Å²) in [7, 11) is 0. The Bertz CT molecular complexity index is 618. The van der Waals surface area contributed by atoms with Crippen molar-refractivity contribution in [2.24, 2.45) is 5.73 Å². The van der Waals surface area contributed by atoms with Gasteiger partial charge in [0.05, 0.1) is 29.7 Å². The Morgan fingerprint density at radius 2 is 1.96 bits per heavy atom. The van der Waals surface area contributed by atoms with E-state index in [-0.39, 0.29) is 13.0 Å². The van der Waals surface area contributed by atoms with Gasteiger partial charge in [0, 0.05) is 6.54 Å². The van der Waals surface area contributed by atoms with Crippen LogP contribution in [0.4, 0.5) is 13.2 Å². The van der Waals surface area contributed by atoms with Gasteiger partial charge >= 0.3 is 6.18 Å². The van der Waals surface area contributed by atoms with E-state index in [0.29, 0.717) is 12.8 Å². The van der Waals surface area contributed by atoms with Gasteiger partial charge in [0.15, 0.2) is 0 Å². The number of hydrogen-bond donors (Lipinski definition) is 2. The Labute approximate surface area is 130 Å². The van der Waals surface area contributed by atoms with Gasteiger partial charge < -0.3 is 15.7 Å². The van der Waals surface area contributed by atoms with E-state index >= 15 is 0 Å². The summed E-state index contributed by atoms with van der Waals surface area (Å²) in [5.74, 6) is -1.58. The van der Waals surface area contributed by atoms with Crippen molar-refractivity contribution in [2.75, 3.05) is 13.2 Å². The van der Waals surface area contributed by atoms with Gasteiger partial charge in [-0.3, -0.25) is 9.59 Å². The average Bonchev–Trinajstić information content (AvgIpc) is 2.89. The van der Waals surface area contributed by atoms with E-state index in [9.17, 15) is 27.9 Å². The van der Waals surface area contributed by atoms with E-state index in [2.05, 4.69) is 0 Å². The van der Waals surface area contributed by atoms with Crippen LogP contribution in [-0.2, 0) is 11.0 Å². The molecule has 1 aliphatic heterocycles. The topological polar surface area (TPSA) is 83.6 Å². The number of nitrogens with two attached hydrogens (primary N) is 1. The molecular formula is C15H17F3N2O3. The van der Waals surface area contributed by atoms with Gasteiger partial charge in [0.2, 0.25) is 5.91 Å². The normalized spacial score (nSPS) is 21.5. The summed E-state index contributed by atoms with van der Waals surface area (Å²) < 4.78 is 39.3. The molecule has 1 aliphatic rings. The zero-order valence-electron chi connectivity index (χ0n) is 12.3. The molecule has 1 fully saturated rings. The number of alkyl halides is 3. The van der Waals surface area contributed by atoms with Crippen molar-refractivity contribution in [1.82, 2.24) is 4.90 Å². The zero-order chi connectivity index (χ0) is 17.3. The first-order valence-electron chi connectivity index (χ1n) is 7.09. The number of carbonyl (C=O) groups excluding carboxylic acids is 2. The predicted octanol–water partition coefficient (Wildman–Crippen LogP) is 1.55. The fourth-order valence-corrected chi connectivity index (χ4v) is 3.05. The summed E-state index contributed by atoms with van der Waals surface area (Å²) >= 11 is 0. The Hall–Kier alpha value is -2.09. The molecule has 2 rings (SSSR count).